The summed E-state index contributed by atoms with van der Waals surface area (Å²) in [7, 11) is 0. The zero-order chi connectivity index (χ0) is 16.4. The van der Waals surface area contributed by atoms with Crippen LogP contribution in [0.3, 0.4) is 0 Å². The topological polar surface area (TPSA) is 0 Å². The first-order valence-corrected chi connectivity index (χ1v) is 9.08. The summed E-state index contributed by atoms with van der Waals surface area (Å²) in [6.45, 7) is 0. The van der Waals surface area contributed by atoms with Crippen molar-refractivity contribution in [3.8, 4) is 11.1 Å². The lowest BCUT2D eigenvalue weighted by atomic mass is 9.66. The van der Waals surface area contributed by atoms with Gasteiger partial charge in [0, 0.05) is 5.92 Å². The Morgan fingerprint density at radius 2 is 1.36 bits per heavy atom. The number of hydrogen-bond acceptors (Lipinski definition) is 0. The molecule has 25 heavy (non-hydrogen) atoms. The van der Waals surface area contributed by atoms with Gasteiger partial charge in [0.05, 0.1) is 5.41 Å². The first kappa shape index (κ1) is 13.4. The van der Waals surface area contributed by atoms with Crippen LogP contribution < -0.4 is 0 Å². The third kappa shape index (κ3) is 1.53. The van der Waals surface area contributed by atoms with Gasteiger partial charge in [-0.3, -0.25) is 0 Å². The van der Waals surface area contributed by atoms with Crippen LogP contribution in [-0.4, -0.2) is 0 Å². The van der Waals surface area contributed by atoms with Crippen molar-refractivity contribution in [2.75, 3.05) is 0 Å². The molecule has 6 aliphatic rings. The number of hydrogen-bond donors (Lipinski definition) is 0. The maximum atomic E-state index is 2.48. The van der Waals surface area contributed by atoms with E-state index < -0.39 is 0 Å². The quantitative estimate of drug-likeness (QED) is 0.478. The summed E-state index contributed by atoms with van der Waals surface area (Å²) in [4.78, 5) is 0. The van der Waals surface area contributed by atoms with Crippen molar-refractivity contribution in [1.29, 1.82) is 0 Å². The number of benzene rings is 3. The standard InChI is InChI=1S/C25H18/c1-3-7-23-21(5-1)22-6-2-4-8-24(22)25(23)19-13-9-17(10-14-19)18-11-15-20(25)16-12-18/h1-11,13-16,18H,12H2. The van der Waals surface area contributed by atoms with Gasteiger partial charge in [0.25, 0.3) is 0 Å². The lowest BCUT2D eigenvalue weighted by Crippen LogP contribution is -2.29. The van der Waals surface area contributed by atoms with Crippen molar-refractivity contribution in [3.63, 3.8) is 0 Å². The van der Waals surface area contributed by atoms with Crippen molar-refractivity contribution in [2.24, 2.45) is 0 Å². The minimum Gasteiger partial charge on any atom is -0.0788 e. The van der Waals surface area contributed by atoms with Gasteiger partial charge in [-0.25, -0.2) is 0 Å². The molecule has 0 fully saturated rings. The largest absolute Gasteiger partial charge is 0.0788 e. The molecule has 3 aromatic rings. The SMILES string of the molecule is C1=CC2CC=C1C1(c3ccc2cc3)c2ccccc2-c2ccccc21. The van der Waals surface area contributed by atoms with Gasteiger partial charge in [-0.05, 0) is 45.4 Å². The summed E-state index contributed by atoms with van der Waals surface area (Å²) in [6, 6.07) is 27.3. The summed E-state index contributed by atoms with van der Waals surface area (Å²) < 4.78 is 0. The first-order valence-electron chi connectivity index (χ1n) is 9.08. The average Bonchev–Trinajstić information content (AvgIpc) is 3.08. The predicted octanol–water partition coefficient (Wildman–Crippen LogP) is 5.98. The molecule has 0 aliphatic heterocycles. The Hall–Kier alpha value is -2.86. The molecule has 0 amide bonds. The summed E-state index contributed by atoms with van der Waals surface area (Å²) in [6.07, 6.45) is 8.35. The molecule has 118 valence electrons. The van der Waals surface area contributed by atoms with E-state index in [1.807, 2.05) is 0 Å². The Morgan fingerprint density at radius 3 is 1.96 bits per heavy atom. The van der Waals surface area contributed by atoms with Crippen LogP contribution in [0.1, 0.15) is 34.6 Å². The molecule has 6 aliphatic carbocycles. The van der Waals surface area contributed by atoms with Crippen LogP contribution in [-0.2, 0) is 5.41 Å². The van der Waals surface area contributed by atoms with Crippen molar-refractivity contribution < 1.29 is 0 Å². The highest BCUT2D eigenvalue weighted by molar-refractivity contribution is 5.86. The van der Waals surface area contributed by atoms with Crippen LogP contribution in [0.5, 0.6) is 0 Å². The molecule has 4 bridgehead atoms. The van der Waals surface area contributed by atoms with E-state index >= 15 is 0 Å². The average molecular weight is 318 g/mol. The first-order chi connectivity index (χ1) is 12.4. The second-order valence-electron chi connectivity index (χ2n) is 7.32. The molecule has 0 saturated heterocycles. The monoisotopic (exact) mass is 318 g/mol. The zero-order valence-electron chi connectivity index (χ0n) is 13.9. The third-order valence-electron chi connectivity index (χ3n) is 6.26. The molecule has 0 heterocycles. The smallest absolute Gasteiger partial charge is 0.0710 e. The number of fused-ring (bicyclic) bond motifs is 3. The summed E-state index contributed by atoms with van der Waals surface area (Å²) in [5.74, 6) is 0.514. The van der Waals surface area contributed by atoms with Crippen LogP contribution >= 0.6 is 0 Å². The molecule has 1 atom stereocenters. The van der Waals surface area contributed by atoms with E-state index in [1.54, 1.807) is 0 Å². The molecule has 0 radical (unpaired) electrons. The fourth-order valence-corrected chi connectivity index (χ4v) is 5.15. The van der Waals surface area contributed by atoms with Gasteiger partial charge in [0.2, 0.25) is 0 Å². The Kier molecular flexibility index (Phi) is 2.48. The lowest BCUT2D eigenvalue weighted by Gasteiger charge is -2.35. The number of allylic oxidation sites excluding steroid dienone is 4. The highest BCUT2D eigenvalue weighted by Crippen LogP contribution is 2.57. The molecule has 0 aromatic heterocycles. The van der Waals surface area contributed by atoms with E-state index in [-0.39, 0.29) is 5.41 Å². The number of rotatable bonds is 0. The van der Waals surface area contributed by atoms with E-state index in [1.165, 1.54) is 39.0 Å². The minimum atomic E-state index is -0.183. The van der Waals surface area contributed by atoms with Crippen LogP contribution in [0.4, 0.5) is 0 Å². The van der Waals surface area contributed by atoms with E-state index in [0.29, 0.717) is 5.92 Å². The second-order valence-corrected chi connectivity index (χ2v) is 7.32. The third-order valence-corrected chi connectivity index (χ3v) is 6.26. The van der Waals surface area contributed by atoms with E-state index in [2.05, 4.69) is 91.0 Å². The fourth-order valence-electron chi connectivity index (χ4n) is 5.15. The van der Waals surface area contributed by atoms with E-state index in [0.717, 1.165) is 6.42 Å². The molecule has 0 heteroatoms. The molecule has 3 aromatic carbocycles. The maximum Gasteiger partial charge on any atom is 0.0710 e. The molecule has 1 spiro atoms. The molecule has 0 saturated carbocycles. The Bertz CT molecular complexity index is 1020. The van der Waals surface area contributed by atoms with Gasteiger partial charge >= 0.3 is 0 Å². The molecule has 9 rings (SSSR count). The van der Waals surface area contributed by atoms with Gasteiger partial charge < -0.3 is 0 Å². The van der Waals surface area contributed by atoms with Crippen molar-refractivity contribution in [1.82, 2.24) is 0 Å². The van der Waals surface area contributed by atoms with Gasteiger partial charge in [0.1, 0.15) is 0 Å². The molecular formula is C25H18. The van der Waals surface area contributed by atoms with E-state index in [9.17, 15) is 0 Å². The molecular weight excluding hydrogens is 300 g/mol. The highest BCUT2D eigenvalue weighted by Gasteiger charge is 2.47. The van der Waals surface area contributed by atoms with Crippen molar-refractivity contribution >= 4 is 0 Å². The Morgan fingerprint density at radius 1 is 0.720 bits per heavy atom. The second kappa shape index (κ2) is 4.61. The highest BCUT2D eigenvalue weighted by atomic mass is 14.5. The maximum absolute atomic E-state index is 2.48. The summed E-state index contributed by atoms with van der Waals surface area (Å²) in [5.41, 5.74) is 9.63. The fraction of sp³-hybridized carbons (Fsp3) is 0.120. The van der Waals surface area contributed by atoms with Crippen LogP contribution in [0, 0.1) is 0 Å². The molecule has 1 unspecified atom stereocenters. The zero-order valence-corrected chi connectivity index (χ0v) is 13.9. The Balaban J connectivity index is 1.83. The summed E-state index contributed by atoms with van der Waals surface area (Å²) in [5, 5.41) is 0. The predicted molar refractivity (Wildman–Crippen MR) is 103 cm³/mol. The van der Waals surface area contributed by atoms with E-state index in [4.69, 9.17) is 0 Å². The van der Waals surface area contributed by atoms with Gasteiger partial charge in [-0.15, -0.1) is 0 Å². The van der Waals surface area contributed by atoms with Gasteiger partial charge in [0.15, 0.2) is 0 Å². The molecule has 0 nitrogen and oxygen atoms in total. The molecule has 0 N–H and O–H groups in total. The van der Waals surface area contributed by atoms with Gasteiger partial charge in [-0.2, -0.15) is 0 Å². The van der Waals surface area contributed by atoms with Crippen LogP contribution in [0.15, 0.2) is 96.6 Å². The Labute approximate surface area is 148 Å². The minimum absolute atomic E-state index is 0.183. The summed E-state index contributed by atoms with van der Waals surface area (Å²) >= 11 is 0. The lowest BCUT2D eigenvalue weighted by molar-refractivity contribution is 0.747. The van der Waals surface area contributed by atoms with Crippen molar-refractivity contribution in [2.45, 2.75) is 17.8 Å². The van der Waals surface area contributed by atoms with Gasteiger partial charge in [-0.1, -0.05) is 91.0 Å². The van der Waals surface area contributed by atoms with Crippen LogP contribution in [0.25, 0.3) is 11.1 Å². The normalized spacial score (nSPS) is 20.6. The van der Waals surface area contributed by atoms with Crippen molar-refractivity contribution in [3.05, 3.63) is 119 Å². The van der Waals surface area contributed by atoms with Crippen LogP contribution in [0.2, 0.25) is 0 Å².